The Bertz CT molecular complexity index is 2660. The van der Waals surface area contributed by atoms with E-state index >= 15 is 0 Å². The lowest BCUT2D eigenvalue weighted by Crippen LogP contribution is -2.72. The minimum atomic E-state index is -1.50. The molecule has 0 bridgehead atoms. The van der Waals surface area contributed by atoms with Crippen LogP contribution in [0.3, 0.4) is 0 Å². The summed E-state index contributed by atoms with van der Waals surface area (Å²) in [5.41, 5.74) is -1.49. The Morgan fingerprint density at radius 1 is 0.471 bits per heavy atom. The second kappa shape index (κ2) is 29.0. The number of rotatable bonds is 16. The van der Waals surface area contributed by atoms with Crippen LogP contribution in [0, 0.1) is 0 Å². The maximum Gasteiger partial charge on any atom is 0.408 e. The molecule has 24 nitrogen and oxygen atoms in total. The lowest BCUT2D eigenvalue weighted by molar-refractivity contribution is -0.337. The maximum atomic E-state index is 14.1. The van der Waals surface area contributed by atoms with Crippen molar-refractivity contribution in [3.63, 3.8) is 0 Å². The van der Waals surface area contributed by atoms with Crippen molar-refractivity contribution in [2.45, 2.75) is 224 Å². The first-order valence-electron chi connectivity index (χ1n) is 28.8. The van der Waals surface area contributed by atoms with Gasteiger partial charge in [-0.15, -0.1) is 0 Å². The predicted molar refractivity (Wildman–Crippen MR) is 306 cm³/mol. The molecule has 4 aliphatic rings. The van der Waals surface area contributed by atoms with Gasteiger partial charge >= 0.3 is 36.6 Å². The molecule has 3 saturated heterocycles. The Kier molecular flexibility index (Phi) is 22.3. The normalized spacial score (nSPS) is 27.0. The number of fused-ring (bicyclic) bond motifs is 1. The first-order valence-corrected chi connectivity index (χ1v) is 28.8. The van der Waals surface area contributed by atoms with Crippen molar-refractivity contribution in [3.8, 4) is 0 Å². The van der Waals surface area contributed by atoms with Crippen LogP contribution in [0.15, 0.2) is 91.0 Å². The van der Waals surface area contributed by atoms with Gasteiger partial charge in [-0.1, -0.05) is 91.0 Å². The van der Waals surface area contributed by atoms with Crippen LogP contribution >= 0.6 is 0 Å². The van der Waals surface area contributed by atoms with Crippen molar-refractivity contribution in [1.29, 1.82) is 0 Å². The molecule has 3 aliphatic heterocycles. The smallest absolute Gasteiger partial charge is 0.408 e. The van der Waals surface area contributed by atoms with E-state index in [0.717, 1.165) is 0 Å². The summed E-state index contributed by atoms with van der Waals surface area (Å²) in [6.07, 6.45) is -13.1. The van der Waals surface area contributed by atoms with Crippen LogP contribution in [0.4, 0.5) is 28.8 Å². The lowest BCUT2D eigenvalue weighted by atomic mass is 9.85. The maximum absolute atomic E-state index is 14.1. The van der Waals surface area contributed by atoms with E-state index in [0.29, 0.717) is 23.1 Å². The number of benzene rings is 3. The number of amides is 6. The zero-order chi connectivity index (χ0) is 61.7. The highest BCUT2D eigenvalue weighted by Gasteiger charge is 2.54. The fourth-order valence-electron chi connectivity index (χ4n) is 9.89. The third-order valence-corrected chi connectivity index (χ3v) is 13.4. The summed E-state index contributed by atoms with van der Waals surface area (Å²) >= 11 is 0. The van der Waals surface area contributed by atoms with E-state index in [1.165, 1.54) is 0 Å². The second-order valence-corrected chi connectivity index (χ2v) is 25.3. The van der Waals surface area contributed by atoms with Gasteiger partial charge in [0.1, 0.15) is 53.9 Å². The Hall–Kier alpha value is -6.96. The molecular formula is C61H86N6O18. The largest absolute Gasteiger partial charge is 0.445 e. The first-order chi connectivity index (χ1) is 40.0. The minimum Gasteiger partial charge on any atom is -0.445 e. The standard InChI is InChI=1S/C61H86N6O18/c1-58(2,3)82-52(68)62-32-39-28-29-40(63-55(71)83-59(4,5)6)50(77-39)78-43-31-44(41(30-42(43)65-56(72)84-60(7,8)9)64-53(69)75-33-36-22-16-13-17-23-36)79-51-47(67-57(73)85-61(10,11)12)46(66-54(70)76-34-37-24-18-14-19-25-37)48-45(80-51)35-74-49(81-48)38-26-20-15-21-27-38/h13-27,39-51H,28-35H2,1-12H3,(H,62,68)(H,63,71)(H,64,69)(H,65,72)(H,66,70)(H,67,73)/t39-,40+,41+,42-,43-,44+,45+,46+,47+,48+,49?,50+,51-/m0/s1. The van der Waals surface area contributed by atoms with Crippen molar-refractivity contribution < 1.29 is 85.6 Å². The molecule has 0 radical (unpaired) electrons. The predicted octanol–water partition coefficient (Wildman–Crippen LogP) is 8.69. The summed E-state index contributed by atoms with van der Waals surface area (Å²) in [5, 5.41) is 17.4. The number of nitrogens with one attached hydrogen (secondary N) is 6. The van der Waals surface area contributed by atoms with Crippen molar-refractivity contribution in [2.75, 3.05) is 13.2 Å². The number of alkyl carbamates (subject to hydrolysis) is 6. The fraction of sp³-hybridized carbons (Fsp3) is 0.607. The van der Waals surface area contributed by atoms with Gasteiger partial charge in [-0.05, 0) is 113 Å². The van der Waals surface area contributed by atoms with Gasteiger partial charge in [0.25, 0.3) is 0 Å². The Labute approximate surface area is 497 Å². The van der Waals surface area contributed by atoms with Crippen LogP contribution in [0.2, 0.25) is 0 Å². The molecule has 6 amide bonds. The van der Waals surface area contributed by atoms with Gasteiger partial charge in [0, 0.05) is 18.5 Å². The van der Waals surface area contributed by atoms with Crippen LogP contribution < -0.4 is 31.9 Å². The highest BCUT2D eigenvalue weighted by molar-refractivity contribution is 5.71. The molecule has 6 N–H and O–H groups in total. The van der Waals surface area contributed by atoms with Crippen molar-refractivity contribution >= 4 is 36.6 Å². The van der Waals surface area contributed by atoms with E-state index in [-0.39, 0.29) is 45.6 Å². The summed E-state index contributed by atoms with van der Waals surface area (Å²) in [6, 6.07) is 21.9. The zero-order valence-electron chi connectivity index (χ0n) is 50.7. The molecule has 1 aliphatic carbocycles. The van der Waals surface area contributed by atoms with Gasteiger partial charge in [0.05, 0.1) is 49.1 Å². The molecule has 7 rings (SSSR count). The SMILES string of the molecule is CC(C)(C)OC(=O)NC[C@@H]1CC[C@@H](NC(=O)OC(C)(C)C)[C@@H](O[C@H]2C[C@@H](O[C@H]3O[C@@H]4COC(c5ccccc5)O[C@H]4[C@H](NC(=O)OCc4ccccc4)[C@H]3NC(=O)OC(C)(C)C)[C@H](NC(=O)OCc3ccccc3)C[C@@H]2NC(=O)OC(C)(C)C)O1. The fourth-order valence-corrected chi connectivity index (χ4v) is 9.89. The van der Waals surface area contributed by atoms with E-state index in [1.807, 2.05) is 66.7 Å². The van der Waals surface area contributed by atoms with Crippen LogP contribution in [0.25, 0.3) is 0 Å². The van der Waals surface area contributed by atoms with Gasteiger partial charge in [-0.3, -0.25) is 0 Å². The summed E-state index contributed by atoms with van der Waals surface area (Å²) in [7, 11) is 0. The van der Waals surface area contributed by atoms with Crippen molar-refractivity contribution in [1.82, 2.24) is 31.9 Å². The molecule has 468 valence electrons. The average molecular weight is 1190 g/mol. The molecule has 1 unspecified atom stereocenters. The summed E-state index contributed by atoms with van der Waals surface area (Å²) < 4.78 is 74.7. The summed E-state index contributed by atoms with van der Waals surface area (Å²) in [5.74, 6) is 0. The van der Waals surface area contributed by atoms with Gasteiger partial charge in [-0.2, -0.15) is 0 Å². The third-order valence-electron chi connectivity index (χ3n) is 13.4. The van der Waals surface area contributed by atoms with Gasteiger partial charge in [0.2, 0.25) is 0 Å². The molecule has 3 heterocycles. The molecule has 3 aromatic carbocycles. The lowest BCUT2D eigenvalue weighted by Gasteiger charge is -2.51. The molecule has 0 spiro atoms. The number of carbonyl (C=O) groups excluding carboxylic acids is 6. The molecule has 13 atom stereocenters. The second-order valence-electron chi connectivity index (χ2n) is 25.3. The van der Waals surface area contributed by atoms with E-state index in [1.54, 1.807) is 107 Å². The van der Waals surface area contributed by atoms with E-state index in [9.17, 15) is 28.8 Å². The molecule has 4 fully saturated rings. The highest BCUT2D eigenvalue weighted by Crippen LogP contribution is 2.38. The van der Waals surface area contributed by atoms with Gasteiger partial charge in [0.15, 0.2) is 18.9 Å². The molecule has 24 heteroatoms. The monoisotopic (exact) mass is 1190 g/mol. The number of hydrogen-bond acceptors (Lipinski definition) is 18. The Morgan fingerprint density at radius 3 is 1.45 bits per heavy atom. The Morgan fingerprint density at radius 2 is 0.918 bits per heavy atom. The Balaban J connectivity index is 1.27. The van der Waals surface area contributed by atoms with Gasteiger partial charge < -0.3 is 88.7 Å². The molecule has 0 aromatic heterocycles. The summed E-state index contributed by atoms with van der Waals surface area (Å²) in [4.78, 5) is 82.6. The van der Waals surface area contributed by atoms with Gasteiger partial charge in [-0.25, -0.2) is 28.8 Å². The zero-order valence-corrected chi connectivity index (χ0v) is 50.7. The number of carbonyl (C=O) groups is 6. The van der Waals surface area contributed by atoms with Crippen LogP contribution in [0.1, 0.15) is 132 Å². The number of ether oxygens (including phenoxy) is 12. The van der Waals surface area contributed by atoms with E-state index in [2.05, 4.69) is 31.9 Å². The van der Waals surface area contributed by atoms with E-state index < -0.39 is 139 Å². The van der Waals surface area contributed by atoms with Crippen molar-refractivity contribution in [2.24, 2.45) is 0 Å². The third kappa shape index (κ3) is 21.5. The van der Waals surface area contributed by atoms with Crippen LogP contribution in [-0.2, 0) is 70.1 Å². The van der Waals surface area contributed by atoms with Crippen molar-refractivity contribution in [3.05, 3.63) is 108 Å². The molecule has 3 aromatic rings. The summed E-state index contributed by atoms with van der Waals surface area (Å²) in [6.45, 7) is 20.3. The van der Waals surface area contributed by atoms with Crippen LogP contribution in [-0.4, -0.2) is 145 Å². The quantitative estimate of drug-likeness (QED) is 0.0731. The highest BCUT2D eigenvalue weighted by atomic mass is 16.8. The van der Waals surface area contributed by atoms with Crippen LogP contribution in [0.5, 0.6) is 0 Å². The minimum absolute atomic E-state index is 0.00273. The average Bonchev–Trinajstić information content (AvgIpc) is 2.27. The number of hydrogen-bond donors (Lipinski definition) is 6. The van der Waals surface area contributed by atoms with E-state index in [4.69, 9.17) is 56.8 Å². The molecule has 1 saturated carbocycles. The topological polar surface area (TPSA) is 285 Å². The molecule has 85 heavy (non-hydrogen) atoms. The first kappa shape index (κ1) is 65.6. The molecular weight excluding hydrogens is 1100 g/mol.